The predicted octanol–water partition coefficient (Wildman–Crippen LogP) is 2.31. The number of pyridine rings is 1. The van der Waals surface area contributed by atoms with Crippen LogP contribution in [0.15, 0.2) is 18.3 Å². The van der Waals surface area contributed by atoms with Crippen molar-refractivity contribution in [2.45, 2.75) is 38.6 Å². The highest BCUT2D eigenvalue weighted by Gasteiger charge is 2.28. The lowest BCUT2D eigenvalue weighted by Crippen LogP contribution is -2.38. The average Bonchev–Trinajstić information content (AvgIpc) is 3.02. The molecule has 5 heteroatoms. The highest BCUT2D eigenvalue weighted by Crippen LogP contribution is 2.27. The molecule has 3 rings (SSSR count). The zero-order valence-corrected chi connectivity index (χ0v) is 14.0. The maximum Gasteiger partial charge on any atom is 0.225 e. The Hall–Kier alpha value is -1.62. The van der Waals surface area contributed by atoms with Crippen LogP contribution in [0.1, 0.15) is 37.8 Å². The maximum absolute atomic E-state index is 12.6. The molecule has 1 amide bonds. The third kappa shape index (κ3) is 4.22. The second-order valence-corrected chi connectivity index (χ2v) is 6.62. The molecule has 0 radical (unpaired) electrons. The fraction of sp³-hybridized carbons (Fsp3) is 0.667. The van der Waals surface area contributed by atoms with E-state index in [0.29, 0.717) is 11.8 Å². The van der Waals surface area contributed by atoms with Crippen LogP contribution in [0.4, 0.5) is 0 Å². The number of hydrogen-bond acceptors (Lipinski definition) is 4. The molecule has 0 spiro atoms. The van der Waals surface area contributed by atoms with Gasteiger partial charge in [-0.3, -0.25) is 14.7 Å². The highest BCUT2D eigenvalue weighted by molar-refractivity contribution is 5.79. The molecule has 2 heterocycles. The third-order valence-electron chi connectivity index (χ3n) is 5.01. The standard InChI is InChI=1S/C18H27N3O2/c1-23-17-7-8-19-16(13-17)14-20-9-4-10-21(12-11-20)18(22)15-5-2-3-6-15/h7-8,13,15H,2-6,9-12,14H2,1H3. The minimum absolute atomic E-state index is 0.293. The van der Waals surface area contributed by atoms with E-state index in [-0.39, 0.29) is 0 Å². The molecular formula is C18H27N3O2. The van der Waals surface area contributed by atoms with E-state index >= 15 is 0 Å². The molecule has 1 aliphatic carbocycles. The Morgan fingerprint density at radius 1 is 1.22 bits per heavy atom. The Morgan fingerprint density at radius 2 is 2.04 bits per heavy atom. The molecule has 2 aliphatic rings. The van der Waals surface area contributed by atoms with Crippen molar-refractivity contribution >= 4 is 5.91 Å². The van der Waals surface area contributed by atoms with Crippen LogP contribution >= 0.6 is 0 Å². The normalized spacial score (nSPS) is 20.5. The first kappa shape index (κ1) is 16.2. The summed E-state index contributed by atoms with van der Waals surface area (Å²) in [4.78, 5) is 21.5. The Kier molecular flexibility index (Phi) is 5.49. The van der Waals surface area contributed by atoms with Crippen molar-refractivity contribution in [3.05, 3.63) is 24.0 Å². The summed E-state index contributed by atoms with van der Waals surface area (Å²) in [5.41, 5.74) is 1.03. The van der Waals surface area contributed by atoms with Gasteiger partial charge in [0.15, 0.2) is 0 Å². The number of nitrogens with zero attached hydrogens (tertiary/aromatic N) is 3. The molecule has 126 valence electrons. The van der Waals surface area contributed by atoms with Crippen LogP contribution in [0.2, 0.25) is 0 Å². The van der Waals surface area contributed by atoms with Gasteiger partial charge in [0.2, 0.25) is 5.91 Å². The number of aromatic nitrogens is 1. The van der Waals surface area contributed by atoms with Gasteiger partial charge in [-0.15, -0.1) is 0 Å². The summed E-state index contributed by atoms with van der Waals surface area (Å²) >= 11 is 0. The molecule has 1 aromatic heterocycles. The Morgan fingerprint density at radius 3 is 2.83 bits per heavy atom. The minimum atomic E-state index is 0.293. The van der Waals surface area contributed by atoms with E-state index in [9.17, 15) is 4.79 Å². The molecule has 2 fully saturated rings. The monoisotopic (exact) mass is 317 g/mol. The Bertz CT molecular complexity index is 529. The van der Waals surface area contributed by atoms with Gasteiger partial charge in [-0.1, -0.05) is 12.8 Å². The quantitative estimate of drug-likeness (QED) is 0.855. The summed E-state index contributed by atoms with van der Waals surface area (Å²) in [5.74, 6) is 1.54. The lowest BCUT2D eigenvalue weighted by atomic mass is 10.1. The van der Waals surface area contributed by atoms with E-state index in [1.807, 2.05) is 12.1 Å². The van der Waals surface area contributed by atoms with Crippen molar-refractivity contribution in [3.8, 4) is 5.75 Å². The molecule has 5 nitrogen and oxygen atoms in total. The van der Waals surface area contributed by atoms with Crippen molar-refractivity contribution in [1.29, 1.82) is 0 Å². The van der Waals surface area contributed by atoms with Crippen LogP contribution in [-0.4, -0.2) is 54.0 Å². The molecule has 1 saturated carbocycles. The first-order valence-electron chi connectivity index (χ1n) is 8.76. The van der Waals surface area contributed by atoms with Gasteiger partial charge < -0.3 is 9.64 Å². The molecule has 0 unspecified atom stereocenters. The topological polar surface area (TPSA) is 45.7 Å². The first-order valence-corrected chi connectivity index (χ1v) is 8.76. The maximum atomic E-state index is 12.6. The van der Waals surface area contributed by atoms with Crippen molar-refractivity contribution in [1.82, 2.24) is 14.8 Å². The molecule has 0 N–H and O–H groups in total. The number of carbonyl (C=O) groups is 1. The predicted molar refractivity (Wildman–Crippen MR) is 89.2 cm³/mol. The van der Waals surface area contributed by atoms with Gasteiger partial charge in [-0.05, 0) is 25.3 Å². The SMILES string of the molecule is COc1ccnc(CN2CCCN(C(=O)C3CCCC3)CC2)c1. The summed E-state index contributed by atoms with van der Waals surface area (Å²) in [7, 11) is 1.68. The molecule has 0 aromatic carbocycles. The van der Waals surface area contributed by atoms with Gasteiger partial charge in [0.25, 0.3) is 0 Å². The Labute approximate surface area is 138 Å². The number of amides is 1. The number of methoxy groups -OCH3 is 1. The fourth-order valence-corrected chi connectivity index (χ4v) is 3.68. The zero-order chi connectivity index (χ0) is 16.1. The number of carbonyl (C=O) groups excluding carboxylic acids is 1. The molecule has 0 bridgehead atoms. The summed E-state index contributed by atoms with van der Waals surface area (Å²) < 4.78 is 5.26. The molecule has 0 atom stereocenters. The molecule has 1 aliphatic heterocycles. The second kappa shape index (κ2) is 7.77. The van der Waals surface area contributed by atoms with Crippen molar-refractivity contribution in [2.24, 2.45) is 5.92 Å². The van der Waals surface area contributed by atoms with Gasteiger partial charge in [0.05, 0.1) is 12.8 Å². The fourth-order valence-electron chi connectivity index (χ4n) is 3.68. The van der Waals surface area contributed by atoms with Crippen LogP contribution < -0.4 is 4.74 Å². The van der Waals surface area contributed by atoms with E-state index in [1.54, 1.807) is 13.3 Å². The number of hydrogen-bond donors (Lipinski definition) is 0. The molecule has 23 heavy (non-hydrogen) atoms. The molecular weight excluding hydrogens is 290 g/mol. The van der Waals surface area contributed by atoms with E-state index in [4.69, 9.17) is 4.74 Å². The van der Waals surface area contributed by atoms with E-state index in [0.717, 1.165) is 63.4 Å². The molecule has 1 saturated heterocycles. The lowest BCUT2D eigenvalue weighted by molar-refractivity contribution is -0.135. The van der Waals surface area contributed by atoms with E-state index in [2.05, 4.69) is 14.8 Å². The van der Waals surface area contributed by atoms with Gasteiger partial charge in [0.1, 0.15) is 5.75 Å². The van der Waals surface area contributed by atoms with E-state index < -0.39 is 0 Å². The summed E-state index contributed by atoms with van der Waals surface area (Å²) in [6, 6.07) is 3.86. The van der Waals surface area contributed by atoms with Gasteiger partial charge in [-0.25, -0.2) is 0 Å². The third-order valence-corrected chi connectivity index (χ3v) is 5.01. The zero-order valence-electron chi connectivity index (χ0n) is 14.0. The number of ether oxygens (including phenoxy) is 1. The van der Waals surface area contributed by atoms with Crippen molar-refractivity contribution in [2.75, 3.05) is 33.3 Å². The smallest absolute Gasteiger partial charge is 0.225 e. The Balaban J connectivity index is 1.54. The number of rotatable bonds is 4. The average molecular weight is 317 g/mol. The van der Waals surface area contributed by atoms with Gasteiger partial charge in [0, 0.05) is 50.9 Å². The van der Waals surface area contributed by atoms with Gasteiger partial charge >= 0.3 is 0 Å². The second-order valence-electron chi connectivity index (χ2n) is 6.62. The summed E-state index contributed by atoms with van der Waals surface area (Å²) in [6.07, 6.45) is 7.46. The highest BCUT2D eigenvalue weighted by atomic mass is 16.5. The first-order chi connectivity index (χ1) is 11.3. The minimum Gasteiger partial charge on any atom is -0.497 e. The lowest BCUT2D eigenvalue weighted by Gasteiger charge is -2.24. The van der Waals surface area contributed by atoms with Crippen LogP contribution in [-0.2, 0) is 11.3 Å². The molecule has 1 aromatic rings. The van der Waals surface area contributed by atoms with Crippen LogP contribution in [0, 0.1) is 5.92 Å². The van der Waals surface area contributed by atoms with E-state index in [1.165, 1.54) is 12.8 Å². The summed E-state index contributed by atoms with van der Waals surface area (Å²) in [6.45, 7) is 4.52. The van der Waals surface area contributed by atoms with Gasteiger partial charge in [-0.2, -0.15) is 0 Å². The van der Waals surface area contributed by atoms with Crippen molar-refractivity contribution in [3.63, 3.8) is 0 Å². The van der Waals surface area contributed by atoms with Crippen molar-refractivity contribution < 1.29 is 9.53 Å². The largest absolute Gasteiger partial charge is 0.497 e. The summed E-state index contributed by atoms with van der Waals surface area (Å²) in [5, 5.41) is 0. The van der Waals surface area contributed by atoms with Crippen LogP contribution in [0.25, 0.3) is 0 Å². The van der Waals surface area contributed by atoms with Crippen LogP contribution in [0.5, 0.6) is 5.75 Å². The van der Waals surface area contributed by atoms with Crippen LogP contribution in [0.3, 0.4) is 0 Å².